The first-order chi connectivity index (χ1) is 11.2. The second kappa shape index (κ2) is 9.15. The Morgan fingerprint density at radius 1 is 1.22 bits per heavy atom. The van der Waals surface area contributed by atoms with Crippen LogP contribution in [0.15, 0.2) is 34.5 Å². The summed E-state index contributed by atoms with van der Waals surface area (Å²) < 4.78 is 5.06. The zero-order chi connectivity index (χ0) is 16.5. The fourth-order valence-corrected chi connectivity index (χ4v) is 2.57. The van der Waals surface area contributed by atoms with Gasteiger partial charge in [0.1, 0.15) is 11.9 Å². The molecule has 0 saturated carbocycles. The van der Waals surface area contributed by atoms with E-state index in [1.54, 1.807) is 12.1 Å². The summed E-state index contributed by atoms with van der Waals surface area (Å²) >= 11 is 0. The molecule has 6 nitrogen and oxygen atoms in total. The summed E-state index contributed by atoms with van der Waals surface area (Å²) in [7, 11) is 0. The number of carbonyl (C=O) groups excluding carboxylic acids is 2. The Hall–Kier alpha value is -2.08. The number of nitrogens with one attached hydrogen (secondary N) is 2. The van der Waals surface area contributed by atoms with Gasteiger partial charge in [0.05, 0.1) is 6.26 Å². The number of hydrogen-bond acceptors (Lipinski definition) is 4. The van der Waals surface area contributed by atoms with Gasteiger partial charge in [0.15, 0.2) is 0 Å². The molecule has 1 aromatic heterocycles. The summed E-state index contributed by atoms with van der Waals surface area (Å²) in [6, 6.07) is 3.35. The van der Waals surface area contributed by atoms with Crippen molar-refractivity contribution in [3.05, 3.63) is 35.8 Å². The van der Waals surface area contributed by atoms with Gasteiger partial charge in [0.25, 0.3) is 0 Å². The second-order valence-corrected chi connectivity index (χ2v) is 5.69. The molecule has 0 bridgehead atoms. The molecule has 1 aliphatic carbocycles. The minimum Gasteiger partial charge on any atom is -0.467 e. The van der Waals surface area contributed by atoms with Gasteiger partial charge in [0.2, 0.25) is 0 Å². The molecule has 1 aromatic rings. The highest BCUT2D eigenvalue weighted by atomic mass is 16.4. The fraction of sp³-hybridized carbons (Fsp3) is 0.529. The highest BCUT2D eigenvalue weighted by Gasteiger charge is 2.15. The van der Waals surface area contributed by atoms with E-state index in [2.05, 4.69) is 16.7 Å². The molecule has 1 heterocycles. The highest BCUT2D eigenvalue weighted by Crippen LogP contribution is 2.19. The number of aliphatic hydroxyl groups excluding tert-OH is 1. The molecule has 0 spiro atoms. The minimum atomic E-state index is -0.786. The number of hydrogen-bond donors (Lipinski definition) is 3. The lowest BCUT2D eigenvalue weighted by Gasteiger charge is -2.13. The van der Waals surface area contributed by atoms with Crippen LogP contribution in [0.4, 0.5) is 0 Å². The van der Waals surface area contributed by atoms with Crippen LogP contribution in [0.25, 0.3) is 0 Å². The third-order valence-corrected chi connectivity index (χ3v) is 3.90. The number of aliphatic hydroxyl groups is 1. The maximum Gasteiger partial charge on any atom is 0.309 e. The van der Waals surface area contributed by atoms with Crippen molar-refractivity contribution in [1.29, 1.82) is 0 Å². The van der Waals surface area contributed by atoms with E-state index in [0.717, 1.165) is 19.3 Å². The fourth-order valence-electron chi connectivity index (χ4n) is 2.57. The summed E-state index contributed by atoms with van der Waals surface area (Å²) in [6.45, 7) is 0.687. The number of carbonyl (C=O) groups is 2. The molecule has 0 fully saturated rings. The summed E-state index contributed by atoms with van der Waals surface area (Å²) in [6.07, 6.45) is 8.66. The van der Waals surface area contributed by atoms with Crippen molar-refractivity contribution in [1.82, 2.24) is 10.6 Å². The van der Waals surface area contributed by atoms with Gasteiger partial charge in [-0.05, 0) is 50.7 Å². The first-order valence-electron chi connectivity index (χ1n) is 8.12. The van der Waals surface area contributed by atoms with Crippen molar-refractivity contribution >= 4 is 11.8 Å². The molecule has 2 rings (SSSR count). The van der Waals surface area contributed by atoms with Crippen LogP contribution in [-0.4, -0.2) is 30.0 Å². The van der Waals surface area contributed by atoms with E-state index in [4.69, 9.17) is 4.42 Å². The largest absolute Gasteiger partial charge is 0.467 e. The van der Waals surface area contributed by atoms with Crippen molar-refractivity contribution in [3.8, 4) is 0 Å². The lowest BCUT2D eigenvalue weighted by Crippen LogP contribution is -2.40. The first-order valence-corrected chi connectivity index (χ1v) is 8.12. The molecule has 126 valence electrons. The Kier molecular flexibility index (Phi) is 6.87. The van der Waals surface area contributed by atoms with Gasteiger partial charge in [-0.1, -0.05) is 11.6 Å². The summed E-state index contributed by atoms with van der Waals surface area (Å²) in [5, 5.41) is 14.9. The molecule has 0 aromatic carbocycles. The Bertz CT molecular complexity index is 537. The van der Waals surface area contributed by atoms with Crippen molar-refractivity contribution in [2.24, 2.45) is 0 Å². The van der Waals surface area contributed by atoms with Crippen LogP contribution < -0.4 is 10.6 Å². The van der Waals surface area contributed by atoms with Gasteiger partial charge in [0, 0.05) is 13.1 Å². The average molecular weight is 320 g/mol. The first kappa shape index (κ1) is 17.3. The highest BCUT2D eigenvalue weighted by molar-refractivity contribution is 6.35. The molecular formula is C17H24N2O4. The molecule has 3 N–H and O–H groups in total. The van der Waals surface area contributed by atoms with Crippen LogP contribution >= 0.6 is 0 Å². The lowest BCUT2D eigenvalue weighted by atomic mass is 9.97. The van der Waals surface area contributed by atoms with E-state index < -0.39 is 17.9 Å². The van der Waals surface area contributed by atoms with Crippen LogP contribution in [0.1, 0.15) is 50.4 Å². The molecule has 0 unspecified atom stereocenters. The SMILES string of the molecule is O=C(NCCC1=CCCCC1)C(=O)NCC[C@H](O)c1ccco1. The van der Waals surface area contributed by atoms with Crippen molar-refractivity contribution in [2.45, 2.75) is 44.6 Å². The lowest BCUT2D eigenvalue weighted by molar-refractivity contribution is -0.139. The molecule has 1 aliphatic rings. The number of rotatable bonds is 7. The Balaban J connectivity index is 1.59. The van der Waals surface area contributed by atoms with Gasteiger partial charge in [-0.25, -0.2) is 0 Å². The smallest absolute Gasteiger partial charge is 0.309 e. The Morgan fingerprint density at radius 2 is 2.00 bits per heavy atom. The standard InChI is InChI=1S/C17H24N2O4/c20-14(15-7-4-12-23-15)9-11-19-17(22)16(21)18-10-8-13-5-2-1-3-6-13/h4-5,7,12,14,20H,1-3,6,8-11H2,(H,18,21)(H,19,22)/t14-/m0/s1. The van der Waals surface area contributed by atoms with Gasteiger partial charge in [-0.15, -0.1) is 0 Å². The van der Waals surface area contributed by atoms with E-state index in [1.165, 1.54) is 24.7 Å². The molecule has 0 radical (unpaired) electrons. The van der Waals surface area contributed by atoms with Crippen LogP contribution in [-0.2, 0) is 9.59 Å². The maximum atomic E-state index is 11.7. The number of furan rings is 1. The molecule has 23 heavy (non-hydrogen) atoms. The van der Waals surface area contributed by atoms with Crippen LogP contribution in [0.2, 0.25) is 0 Å². The summed E-state index contributed by atoms with van der Waals surface area (Å²) in [5.74, 6) is -0.854. The van der Waals surface area contributed by atoms with E-state index in [-0.39, 0.29) is 6.54 Å². The van der Waals surface area contributed by atoms with Gasteiger partial charge >= 0.3 is 11.8 Å². The number of amides is 2. The second-order valence-electron chi connectivity index (χ2n) is 5.69. The molecular weight excluding hydrogens is 296 g/mol. The molecule has 1 atom stereocenters. The third-order valence-electron chi connectivity index (χ3n) is 3.90. The normalized spacial score (nSPS) is 15.6. The zero-order valence-corrected chi connectivity index (χ0v) is 13.2. The maximum absolute atomic E-state index is 11.7. The molecule has 2 amide bonds. The monoisotopic (exact) mass is 320 g/mol. The molecule has 0 aliphatic heterocycles. The Labute approximate surface area is 135 Å². The van der Waals surface area contributed by atoms with Gasteiger partial charge < -0.3 is 20.2 Å². The molecule has 6 heteroatoms. The van der Waals surface area contributed by atoms with E-state index in [0.29, 0.717) is 18.7 Å². The minimum absolute atomic E-state index is 0.208. The molecule has 0 saturated heterocycles. The predicted molar refractivity (Wildman–Crippen MR) is 85.5 cm³/mol. The van der Waals surface area contributed by atoms with Crippen molar-refractivity contribution < 1.29 is 19.1 Å². The van der Waals surface area contributed by atoms with Gasteiger partial charge in [-0.2, -0.15) is 0 Å². The van der Waals surface area contributed by atoms with Crippen LogP contribution in [0.3, 0.4) is 0 Å². The quantitative estimate of drug-likeness (QED) is 0.528. The average Bonchev–Trinajstić information content (AvgIpc) is 3.10. The van der Waals surface area contributed by atoms with E-state index in [1.807, 2.05) is 0 Å². The van der Waals surface area contributed by atoms with Crippen molar-refractivity contribution in [3.63, 3.8) is 0 Å². The van der Waals surface area contributed by atoms with Crippen LogP contribution in [0, 0.1) is 0 Å². The summed E-state index contributed by atoms with van der Waals surface area (Å²) in [4.78, 5) is 23.3. The van der Waals surface area contributed by atoms with Crippen LogP contribution in [0.5, 0.6) is 0 Å². The topological polar surface area (TPSA) is 91.6 Å². The predicted octanol–water partition coefficient (Wildman–Crippen LogP) is 1.83. The van der Waals surface area contributed by atoms with E-state index in [9.17, 15) is 14.7 Å². The zero-order valence-electron chi connectivity index (χ0n) is 13.2. The number of allylic oxidation sites excluding steroid dienone is 1. The Morgan fingerprint density at radius 3 is 2.65 bits per heavy atom. The third kappa shape index (κ3) is 5.90. The van der Waals surface area contributed by atoms with Crippen molar-refractivity contribution in [2.75, 3.05) is 13.1 Å². The van der Waals surface area contributed by atoms with Gasteiger partial charge in [-0.3, -0.25) is 9.59 Å². The van der Waals surface area contributed by atoms with E-state index >= 15 is 0 Å². The summed E-state index contributed by atoms with van der Waals surface area (Å²) in [5.41, 5.74) is 1.36.